The molecule has 0 unspecified atom stereocenters. The van der Waals surface area contributed by atoms with E-state index in [9.17, 15) is 88.2 Å². The summed E-state index contributed by atoms with van der Waals surface area (Å²) in [7, 11) is 0. The normalized spacial score (nSPS) is 16.2. The predicted molar refractivity (Wildman–Crippen MR) is 57.4 cm³/mol. The molecule has 0 spiro atoms. The van der Waals surface area contributed by atoms with Crippen molar-refractivity contribution in [1.29, 1.82) is 0 Å². The molecule has 0 rings (SSSR count). The Morgan fingerprint density at radius 2 is 0.656 bits per heavy atom. The molecule has 0 aliphatic carbocycles. The van der Waals surface area contributed by atoms with Crippen LogP contribution in [0.25, 0.3) is 0 Å². The number of hydrogen-bond donors (Lipinski definition) is 0. The summed E-state index contributed by atoms with van der Waals surface area (Å²) >= 11 is 0. The Kier molecular flexibility index (Phi) is 6.90. The van der Waals surface area contributed by atoms with Crippen molar-refractivity contribution in [1.82, 2.24) is 0 Å². The summed E-state index contributed by atoms with van der Waals surface area (Å²) < 4.78 is 246. The summed E-state index contributed by atoms with van der Waals surface area (Å²) in [4.78, 5) is 10.1. The van der Waals surface area contributed by atoms with E-state index in [-0.39, 0.29) is 6.92 Å². The third-order valence-electron chi connectivity index (χ3n) is 3.36. The van der Waals surface area contributed by atoms with Gasteiger partial charge in [-0.05, 0) is 0 Å². The summed E-state index contributed by atoms with van der Waals surface area (Å²) in [5.41, 5.74) is 0. The van der Waals surface area contributed by atoms with E-state index in [0.29, 0.717) is 0 Å². The molecule has 0 aromatic heterocycles. The van der Waals surface area contributed by atoms with Crippen LogP contribution in [-0.4, -0.2) is 59.7 Å². The molecule has 192 valence electrons. The zero-order valence-corrected chi connectivity index (χ0v) is 14.0. The Balaban J connectivity index is 6.88. The van der Waals surface area contributed by atoms with Gasteiger partial charge in [-0.15, -0.1) is 0 Å². The van der Waals surface area contributed by atoms with Gasteiger partial charge in [-0.1, -0.05) is 0 Å². The molecular formula is C11H3F19O2. The first-order chi connectivity index (χ1) is 13.4. The third-order valence-corrected chi connectivity index (χ3v) is 3.36. The van der Waals surface area contributed by atoms with Gasteiger partial charge in [0.05, 0.1) is 0 Å². The molecule has 21 heteroatoms. The molecule has 0 radical (unpaired) electrons. The topological polar surface area (TPSA) is 26.3 Å². The maximum absolute atomic E-state index is 13.3. The van der Waals surface area contributed by atoms with Gasteiger partial charge in [0.1, 0.15) is 0 Å². The highest BCUT2D eigenvalue weighted by Crippen LogP contribution is 2.65. The van der Waals surface area contributed by atoms with Crippen LogP contribution in [-0.2, 0) is 9.53 Å². The molecule has 0 saturated carbocycles. The molecule has 0 fully saturated rings. The van der Waals surface area contributed by atoms with Crippen LogP contribution < -0.4 is 0 Å². The number of hydrogen-bond acceptors (Lipinski definition) is 2. The highest BCUT2D eigenvalue weighted by atomic mass is 19.4. The lowest BCUT2D eigenvalue weighted by Crippen LogP contribution is -2.76. The summed E-state index contributed by atoms with van der Waals surface area (Å²) in [6, 6.07) is 0. The lowest BCUT2D eigenvalue weighted by atomic mass is 9.88. The minimum Gasteiger partial charge on any atom is -0.396 e. The largest absolute Gasteiger partial charge is 0.473 e. The van der Waals surface area contributed by atoms with Crippen LogP contribution in [0.3, 0.4) is 0 Å². The number of carbonyl (C=O) groups is 1. The number of halogens is 19. The Bertz CT molecular complexity index is 717. The zero-order chi connectivity index (χ0) is 26.8. The molecule has 0 bridgehead atoms. The van der Waals surface area contributed by atoms with Crippen LogP contribution in [0.5, 0.6) is 0 Å². The van der Waals surface area contributed by atoms with Crippen LogP contribution in [0, 0.1) is 0 Å². The van der Waals surface area contributed by atoms with Gasteiger partial charge in [0.2, 0.25) is 0 Å². The Morgan fingerprint density at radius 3 is 0.875 bits per heavy atom. The van der Waals surface area contributed by atoms with Crippen LogP contribution in [0.2, 0.25) is 0 Å². The highest BCUT2D eigenvalue weighted by molar-refractivity contribution is 5.66. The van der Waals surface area contributed by atoms with Gasteiger partial charge in [0.25, 0.3) is 0 Å². The number of esters is 1. The first-order valence-corrected chi connectivity index (χ1v) is 6.70. The quantitative estimate of drug-likeness (QED) is 0.279. The molecule has 32 heavy (non-hydrogen) atoms. The van der Waals surface area contributed by atoms with Gasteiger partial charge in [-0.25, -0.2) is 0 Å². The van der Waals surface area contributed by atoms with Gasteiger partial charge >= 0.3 is 59.7 Å². The maximum Gasteiger partial charge on any atom is 0.473 e. The molecule has 0 atom stereocenters. The Hall–Kier alpha value is -1.86. The van der Waals surface area contributed by atoms with Gasteiger partial charge in [-0.3, -0.25) is 4.79 Å². The standard InChI is InChI=1S/C11H3F19O2/c1-2(31)32-11(29,30)9(24,25)7(20,21)5(16,17)3(12,13)4(14,15)6(18,19)8(22,23)10(26,27)28/h1H3. The van der Waals surface area contributed by atoms with Crippen molar-refractivity contribution < 1.29 is 92.9 Å². The monoisotopic (exact) mass is 528 g/mol. The van der Waals surface area contributed by atoms with Crippen molar-refractivity contribution in [2.24, 2.45) is 0 Å². The van der Waals surface area contributed by atoms with E-state index in [1.165, 1.54) is 0 Å². The fourth-order valence-electron chi connectivity index (χ4n) is 1.59. The summed E-state index contributed by atoms with van der Waals surface area (Å²) in [6.45, 7) is -0.289. The van der Waals surface area contributed by atoms with Gasteiger partial charge in [0.15, 0.2) is 0 Å². The van der Waals surface area contributed by atoms with Crippen molar-refractivity contribution >= 4 is 5.97 Å². The average Bonchev–Trinajstić information content (AvgIpc) is 2.51. The van der Waals surface area contributed by atoms with Crippen LogP contribution in [0.1, 0.15) is 6.92 Å². The number of ether oxygens (including phenoxy) is 1. The van der Waals surface area contributed by atoms with Crippen LogP contribution in [0.4, 0.5) is 83.4 Å². The number of alkyl halides is 19. The second-order valence-corrected chi connectivity index (χ2v) is 5.63. The second kappa shape index (κ2) is 7.32. The molecule has 0 amide bonds. The van der Waals surface area contributed by atoms with Crippen molar-refractivity contribution in [3.63, 3.8) is 0 Å². The van der Waals surface area contributed by atoms with Crippen LogP contribution in [0.15, 0.2) is 0 Å². The van der Waals surface area contributed by atoms with E-state index in [4.69, 9.17) is 0 Å². The smallest absolute Gasteiger partial charge is 0.396 e. The van der Waals surface area contributed by atoms with Gasteiger partial charge < -0.3 is 4.74 Å². The first kappa shape index (κ1) is 30.1. The SMILES string of the molecule is CC(=O)OC(F)(F)C(F)(F)C(F)(F)C(F)(F)C(F)(F)C(F)(F)C(F)(F)C(F)(F)C(F)(F)F. The fourth-order valence-corrected chi connectivity index (χ4v) is 1.59. The van der Waals surface area contributed by atoms with Crippen LogP contribution >= 0.6 is 0 Å². The minimum atomic E-state index is -9.00. The van der Waals surface area contributed by atoms with Crippen molar-refractivity contribution in [3.8, 4) is 0 Å². The molecular weight excluding hydrogens is 525 g/mol. The highest BCUT2D eigenvalue weighted by Gasteiger charge is 2.97. The molecule has 0 saturated heterocycles. The minimum absolute atomic E-state index is 0.289. The van der Waals surface area contributed by atoms with E-state index in [2.05, 4.69) is 4.74 Å². The fraction of sp³-hybridized carbons (Fsp3) is 0.909. The lowest BCUT2D eigenvalue weighted by Gasteiger charge is -2.43. The predicted octanol–water partition coefficient (Wildman–Crippen LogP) is 6.15. The molecule has 0 N–H and O–H groups in total. The van der Waals surface area contributed by atoms with E-state index in [1.807, 2.05) is 0 Å². The third kappa shape index (κ3) is 3.67. The zero-order valence-electron chi connectivity index (χ0n) is 14.0. The maximum atomic E-state index is 13.3. The Morgan fingerprint density at radius 1 is 0.438 bits per heavy atom. The van der Waals surface area contributed by atoms with E-state index in [1.54, 1.807) is 0 Å². The van der Waals surface area contributed by atoms with Gasteiger partial charge in [-0.2, -0.15) is 83.4 Å². The average molecular weight is 528 g/mol. The van der Waals surface area contributed by atoms with E-state index >= 15 is 0 Å². The van der Waals surface area contributed by atoms with Crippen molar-refractivity contribution in [2.75, 3.05) is 0 Å². The van der Waals surface area contributed by atoms with E-state index < -0.39 is 59.7 Å². The summed E-state index contributed by atoms with van der Waals surface area (Å²) in [6.07, 6.45) is -15.2. The Labute approximate surface area is 161 Å². The molecule has 0 heterocycles. The molecule has 0 aromatic carbocycles. The lowest BCUT2D eigenvalue weighted by molar-refractivity contribution is -0.478. The second-order valence-electron chi connectivity index (χ2n) is 5.63. The molecule has 0 aliphatic rings. The first-order valence-electron chi connectivity index (χ1n) is 6.70. The summed E-state index contributed by atoms with van der Waals surface area (Å²) in [5, 5.41) is 0. The van der Waals surface area contributed by atoms with E-state index in [0.717, 1.165) is 0 Å². The number of carbonyl (C=O) groups excluding carboxylic acids is 1. The van der Waals surface area contributed by atoms with Gasteiger partial charge in [0, 0.05) is 6.92 Å². The summed E-state index contributed by atoms with van der Waals surface area (Å²) in [5.74, 6) is -63.5. The molecule has 2 nitrogen and oxygen atoms in total. The molecule has 0 aliphatic heterocycles. The van der Waals surface area contributed by atoms with Crippen molar-refractivity contribution in [3.05, 3.63) is 0 Å². The number of rotatable bonds is 8. The van der Waals surface area contributed by atoms with Crippen molar-refractivity contribution in [2.45, 2.75) is 60.7 Å². The molecule has 0 aromatic rings.